The van der Waals surface area contributed by atoms with Gasteiger partial charge in [0.2, 0.25) is 11.8 Å². The number of carbonyl (C=O) groups excluding carboxylic acids is 2. The minimum Gasteiger partial charge on any atom is -0.491 e. The molecule has 0 bridgehead atoms. The van der Waals surface area contributed by atoms with Gasteiger partial charge in [-0.05, 0) is 38.4 Å². The van der Waals surface area contributed by atoms with Crippen LogP contribution in [0.2, 0.25) is 0 Å². The van der Waals surface area contributed by atoms with E-state index in [2.05, 4.69) is 20.8 Å². The van der Waals surface area contributed by atoms with Crippen LogP contribution in [0.1, 0.15) is 48.9 Å². The zero-order valence-corrected chi connectivity index (χ0v) is 25.7. The van der Waals surface area contributed by atoms with Crippen LogP contribution in [0.25, 0.3) is 10.4 Å². The number of amides is 2. The maximum atomic E-state index is 13.7. The van der Waals surface area contributed by atoms with Crippen molar-refractivity contribution in [2.24, 2.45) is 5.92 Å². The molecule has 11 nitrogen and oxygen atoms in total. The number of likely N-dealkylation sites (N-methyl/N-ethyl adjacent to an activating group) is 1. The summed E-state index contributed by atoms with van der Waals surface area (Å²) in [5.41, 5.74) is 5.20. The summed E-state index contributed by atoms with van der Waals surface area (Å²) >= 11 is 1.56. The van der Waals surface area contributed by atoms with E-state index < -0.39 is 18.1 Å². The number of nitrogens with one attached hydrogen (secondary N) is 2. The van der Waals surface area contributed by atoms with Crippen molar-refractivity contribution in [3.63, 3.8) is 0 Å². The standard InChI is InChI=1S/C30H41N5O6S/c1-18(2)27(26-12-19(3)34-41-26)30(38)35-16-23(36)14-24(35)29(37)32-15-22-7-6-21(28-20(4)33-17-42-28)13-25(22)40-11-10-39-9-8-31-5/h6-7,12-13,17-18,23-24,27,31,36H,8-11,14-16H2,1-5H3,(H,32,37)/t23-,24+,27+/m1/s1. The van der Waals surface area contributed by atoms with E-state index >= 15 is 0 Å². The van der Waals surface area contributed by atoms with Crippen LogP contribution in [0.3, 0.4) is 0 Å². The molecule has 0 saturated carbocycles. The molecule has 1 fully saturated rings. The van der Waals surface area contributed by atoms with Gasteiger partial charge in [-0.25, -0.2) is 4.98 Å². The van der Waals surface area contributed by atoms with Crippen molar-refractivity contribution >= 4 is 23.2 Å². The molecule has 1 aliphatic rings. The molecule has 228 valence electrons. The Morgan fingerprint density at radius 3 is 2.69 bits per heavy atom. The second kappa shape index (κ2) is 14.7. The number of benzene rings is 1. The highest BCUT2D eigenvalue weighted by Gasteiger charge is 2.43. The number of hydrogen-bond donors (Lipinski definition) is 3. The fourth-order valence-corrected chi connectivity index (χ4v) is 5.89. The van der Waals surface area contributed by atoms with E-state index in [1.807, 2.05) is 51.5 Å². The van der Waals surface area contributed by atoms with Crippen molar-refractivity contribution in [3.8, 4) is 16.2 Å². The highest BCUT2D eigenvalue weighted by atomic mass is 32.1. The SMILES string of the molecule is CNCCOCCOc1cc(-c2scnc2C)ccc1CNC(=O)[C@@H]1C[C@@H](O)CN1C(=O)[C@H](c1cc(C)no1)C(C)C. The number of thiazole rings is 1. The molecule has 3 heterocycles. The Labute approximate surface area is 250 Å². The van der Waals surface area contributed by atoms with E-state index in [1.165, 1.54) is 4.90 Å². The molecule has 0 spiro atoms. The summed E-state index contributed by atoms with van der Waals surface area (Å²) in [5.74, 6) is -0.193. The molecule has 1 aromatic carbocycles. The number of likely N-dealkylation sites (tertiary alicyclic amines) is 1. The van der Waals surface area contributed by atoms with Crippen LogP contribution in [-0.4, -0.2) is 84.1 Å². The molecule has 12 heteroatoms. The Morgan fingerprint density at radius 2 is 2.02 bits per heavy atom. The lowest BCUT2D eigenvalue weighted by molar-refractivity contribution is -0.141. The van der Waals surface area contributed by atoms with Gasteiger partial charge in [-0.2, -0.15) is 0 Å². The van der Waals surface area contributed by atoms with Crippen LogP contribution in [-0.2, 0) is 20.9 Å². The van der Waals surface area contributed by atoms with Gasteiger partial charge in [0.15, 0.2) is 0 Å². The number of ether oxygens (including phenoxy) is 2. The topological polar surface area (TPSA) is 139 Å². The number of carbonyl (C=O) groups is 2. The van der Waals surface area contributed by atoms with Crippen LogP contribution < -0.4 is 15.4 Å². The number of rotatable bonds is 14. The molecule has 3 atom stereocenters. The average molecular weight is 600 g/mol. The predicted molar refractivity (Wildman–Crippen MR) is 159 cm³/mol. The molecule has 0 aliphatic carbocycles. The molecule has 0 radical (unpaired) electrons. The van der Waals surface area contributed by atoms with Crippen LogP contribution >= 0.6 is 11.3 Å². The first-order valence-corrected chi connectivity index (χ1v) is 15.2. The zero-order chi connectivity index (χ0) is 30.2. The first kappa shape index (κ1) is 31.6. The summed E-state index contributed by atoms with van der Waals surface area (Å²) in [6, 6.07) is 6.81. The Kier molecular flexibility index (Phi) is 11.1. The number of aliphatic hydroxyl groups excluding tert-OH is 1. The number of aromatic nitrogens is 2. The third kappa shape index (κ3) is 7.74. The number of hydrogen-bond acceptors (Lipinski definition) is 10. The summed E-state index contributed by atoms with van der Waals surface area (Å²) < 4.78 is 17.1. The van der Waals surface area contributed by atoms with Crippen LogP contribution in [0.5, 0.6) is 5.75 Å². The van der Waals surface area contributed by atoms with Gasteiger partial charge in [-0.1, -0.05) is 31.1 Å². The molecular formula is C30H41N5O6S. The van der Waals surface area contributed by atoms with Crippen molar-refractivity contribution in [1.29, 1.82) is 0 Å². The Balaban J connectivity index is 1.47. The molecule has 3 N–H and O–H groups in total. The quantitative estimate of drug-likeness (QED) is 0.239. The van der Waals surface area contributed by atoms with Gasteiger partial charge in [0.05, 0.1) is 41.1 Å². The van der Waals surface area contributed by atoms with Gasteiger partial charge in [-0.15, -0.1) is 11.3 Å². The first-order valence-electron chi connectivity index (χ1n) is 14.3. The van der Waals surface area contributed by atoms with Gasteiger partial charge in [-0.3, -0.25) is 9.59 Å². The van der Waals surface area contributed by atoms with E-state index in [1.54, 1.807) is 24.3 Å². The number of aliphatic hydroxyl groups is 1. The van der Waals surface area contributed by atoms with E-state index in [0.717, 1.165) is 28.2 Å². The normalized spacial score (nSPS) is 17.5. The van der Waals surface area contributed by atoms with Crippen molar-refractivity contribution in [1.82, 2.24) is 25.7 Å². The molecule has 42 heavy (non-hydrogen) atoms. The van der Waals surface area contributed by atoms with E-state index in [9.17, 15) is 14.7 Å². The zero-order valence-electron chi connectivity index (χ0n) is 24.9. The summed E-state index contributed by atoms with van der Waals surface area (Å²) in [6.45, 7) is 10.00. The number of aryl methyl sites for hydroxylation is 2. The molecule has 1 saturated heterocycles. The fourth-order valence-electron chi connectivity index (χ4n) is 5.09. The van der Waals surface area contributed by atoms with Crippen molar-refractivity contribution in [2.45, 2.75) is 58.7 Å². The smallest absolute Gasteiger partial charge is 0.243 e. The second-order valence-electron chi connectivity index (χ2n) is 10.9. The van der Waals surface area contributed by atoms with E-state index in [0.29, 0.717) is 37.0 Å². The third-order valence-corrected chi connectivity index (χ3v) is 8.24. The summed E-state index contributed by atoms with van der Waals surface area (Å²) in [5, 5.41) is 20.4. The fraction of sp³-hybridized carbons (Fsp3) is 0.533. The summed E-state index contributed by atoms with van der Waals surface area (Å²) in [4.78, 5) is 34.0. The van der Waals surface area contributed by atoms with Gasteiger partial charge >= 0.3 is 0 Å². The van der Waals surface area contributed by atoms with Crippen molar-refractivity contribution in [3.05, 3.63) is 52.5 Å². The lowest BCUT2D eigenvalue weighted by Crippen LogP contribution is -2.48. The second-order valence-corrected chi connectivity index (χ2v) is 11.7. The Morgan fingerprint density at radius 1 is 1.21 bits per heavy atom. The van der Waals surface area contributed by atoms with Crippen LogP contribution in [0.15, 0.2) is 34.3 Å². The van der Waals surface area contributed by atoms with Crippen LogP contribution in [0.4, 0.5) is 0 Å². The van der Waals surface area contributed by atoms with E-state index in [-0.39, 0.29) is 37.2 Å². The van der Waals surface area contributed by atoms with Crippen LogP contribution in [0, 0.1) is 19.8 Å². The molecule has 3 aromatic rings. The van der Waals surface area contributed by atoms with Gasteiger partial charge < -0.3 is 34.6 Å². The molecule has 2 amide bonds. The largest absolute Gasteiger partial charge is 0.491 e. The minimum atomic E-state index is -0.804. The molecule has 1 aliphatic heterocycles. The lowest BCUT2D eigenvalue weighted by Gasteiger charge is -2.28. The Hall–Kier alpha value is -3.32. The monoisotopic (exact) mass is 599 g/mol. The van der Waals surface area contributed by atoms with E-state index in [4.69, 9.17) is 14.0 Å². The third-order valence-electron chi connectivity index (χ3n) is 7.26. The van der Waals surface area contributed by atoms with Crippen molar-refractivity contribution in [2.75, 3.05) is 40.0 Å². The maximum absolute atomic E-state index is 13.7. The summed E-state index contributed by atoms with van der Waals surface area (Å²) in [7, 11) is 1.87. The Bertz CT molecular complexity index is 1340. The number of β-amino-alcohol motifs (C(OH)–C–C–N with tert-alkyl or cyclic N) is 1. The maximum Gasteiger partial charge on any atom is 0.243 e. The highest BCUT2D eigenvalue weighted by molar-refractivity contribution is 7.13. The molecule has 4 rings (SSSR count). The van der Waals surface area contributed by atoms with Crippen molar-refractivity contribution < 1.29 is 28.7 Å². The average Bonchev–Trinajstić information content (AvgIpc) is 3.69. The van der Waals surface area contributed by atoms with Gasteiger partial charge in [0, 0.05) is 37.7 Å². The molecule has 0 unspecified atom stereocenters. The molecule has 2 aromatic heterocycles. The van der Waals surface area contributed by atoms with Gasteiger partial charge in [0.1, 0.15) is 30.1 Å². The molecular weight excluding hydrogens is 558 g/mol. The summed E-state index contributed by atoms with van der Waals surface area (Å²) in [6.07, 6.45) is -0.632. The lowest BCUT2D eigenvalue weighted by atomic mass is 9.91. The highest BCUT2D eigenvalue weighted by Crippen LogP contribution is 2.33. The number of nitrogens with zero attached hydrogens (tertiary/aromatic N) is 3. The first-order chi connectivity index (χ1) is 20.2. The van der Waals surface area contributed by atoms with Gasteiger partial charge in [0.25, 0.3) is 0 Å². The minimum absolute atomic E-state index is 0.0814. The predicted octanol–water partition coefficient (Wildman–Crippen LogP) is 3.05.